The molecule has 0 aromatic heterocycles. The molecule has 1 rings (SSSR count). The lowest BCUT2D eigenvalue weighted by atomic mass is 10.0. The van der Waals surface area contributed by atoms with Gasteiger partial charge in [-0.1, -0.05) is 13.3 Å². The van der Waals surface area contributed by atoms with E-state index >= 15 is 0 Å². The van der Waals surface area contributed by atoms with Crippen molar-refractivity contribution < 1.29 is 18.9 Å². The van der Waals surface area contributed by atoms with Gasteiger partial charge in [0.2, 0.25) is 11.5 Å². The molecular formula is C14H22O4. The van der Waals surface area contributed by atoms with Crippen molar-refractivity contribution in [2.24, 2.45) is 0 Å². The van der Waals surface area contributed by atoms with E-state index in [1.54, 1.807) is 28.4 Å². The maximum atomic E-state index is 5.48. The fraction of sp³-hybridized carbons (Fsp3) is 0.571. The van der Waals surface area contributed by atoms with Crippen LogP contribution in [0.3, 0.4) is 0 Å². The topological polar surface area (TPSA) is 36.9 Å². The van der Waals surface area contributed by atoms with Crippen molar-refractivity contribution in [3.8, 4) is 23.0 Å². The van der Waals surface area contributed by atoms with Crippen LogP contribution in [0.5, 0.6) is 23.0 Å². The summed E-state index contributed by atoms with van der Waals surface area (Å²) in [5.41, 5.74) is 2.14. The van der Waals surface area contributed by atoms with Crippen LogP contribution in [0.4, 0.5) is 0 Å². The Bertz CT molecular complexity index is 413. The summed E-state index contributed by atoms with van der Waals surface area (Å²) >= 11 is 0. The molecule has 0 atom stereocenters. The standard InChI is InChI=1S/C14H22O4/c1-7-8-10-9(2)11(15-3)13(17-5)14(18-6)12(10)16-4/h7-8H2,1-6H3. The fourth-order valence-corrected chi connectivity index (χ4v) is 2.20. The van der Waals surface area contributed by atoms with Crippen molar-refractivity contribution in [2.75, 3.05) is 28.4 Å². The van der Waals surface area contributed by atoms with Crippen molar-refractivity contribution in [1.29, 1.82) is 0 Å². The second-order valence-electron chi connectivity index (χ2n) is 3.99. The predicted octanol–water partition coefficient (Wildman–Crippen LogP) is 2.98. The Morgan fingerprint density at radius 2 is 1.17 bits per heavy atom. The molecule has 1 aromatic rings. The first kappa shape index (κ1) is 14.5. The number of hydrogen-bond acceptors (Lipinski definition) is 4. The van der Waals surface area contributed by atoms with Gasteiger partial charge in [0.1, 0.15) is 0 Å². The lowest BCUT2D eigenvalue weighted by Crippen LogP contribution is -2.04. The Morgan fingerprint density at radius 3 is 1.56 bits per heavy atom. The molecule has 4 heteroatoms. The molecule has 0 fully saturated rings. The zero-order valence-electron chi connectivity index (χ0n) is 12.0. The maximum Gasteiger partial charge on any atom is 0.207 e. The first-order valence-electron chi connectivity index (χ1n) is 6.01. The summed E-state index contributed by atoms with van der Waals surface area (Å²) in [6.45, 7) is 4.14. The zero-order chi connectivity index (χ0) is 13.7. The summed E-state index contributed by atoms with van der Waals surface area (Å²) in [4.78, 5) is 0. The monoisotopic (exact) mass is 254 g/mol. The number of benzene rings is 1. The average Bonchev–Trinajstić information content (AvgIpc) is 2.39. The van der Waals surface area contributed by atoms with Gasteiger partial charge >= 0.3 is 0 Å². The fourth-order valence-electron chi connectivity index (χ4n) is 2.20. The summed E-state index contributed by atoms with van der Waals surface area (Å²) in [6.07, 6.45) is 1.93. The Labute approximate surface area is 109 Å². The van der Waals surface area contributed by atoms with Crippen LogP contribution in [0.2, 0.25) is 0 Å². The van der Waals surface area contributed by atoms with Crippen LogP contribution < -0.4 is 18.9 Å². The second-order valence-corrected chi connectivity index (χ2v) is 3.99. The highest BCUT2D eigenvalue weighted by Gasteiger charge is 2.24. The minimum absolute atomic E-state index is 0.578. The molecule has 0 radical (unpaired) electrons. The lowest BCUT2D eigenvalue weighted by Gasteiger charge is -2.21. The van der Waals surface area contributed by atoms with Crippen LogP contribution in [0, 0.1) is 6.92 Å². The first-order valence-corrected chi connectivity index (χ1v) is 6.01. The molecule has 0 saturated carbocycles. The van der Waals surface area contributed by atoms with Gasteiger partial charge in [-0.2, -0.15) is 0 Å². The van der Waals surface area contributed by atoms with Crippen LogP contribution in [-0.2, 0) is 6.42 Å². The van der Waals surface area contributed by atoms with Gasteiger partial charge in [0.25, 0.3) is 0 Å². The molecule has 102 valence electrons. The third kappa shape index (κ3) is 2.33. The van der Waals surface area contributed by atoms with Crippen molar-refractivity contribution in [2.45, 2.75) is 26.7 Å². The molecule has 18 heavy (non-hydrogen) atoms. The second kappa shape index (κ2) is 6.38. The van der Waals surface area contributed by atoms with Crippen molar-refractivity contribution in [1.82, 2.24) is 0 Å². The predicted molar refractivity (Wildman–Crippen MR) is 71.4 cm³/mol. The Hall–Kier alpha value is -1.58. The normalized spacial score (nSPS) is 10.1. The Kier molecular flexibility index (Phi) is 5.13. The zero-order valence-corrected chi connectivity index (χ0v) is 12.0. The van der Waals surface area contributed by atoms with E-state index in [9.17, 15) is 0 Å². The van der Waals surface area contributed by atoms with Gasteiger partial charge in [-0.25, -0.2) is 0 Å². The van der Waals surface area contributed by atoms with Gasteiger partial charge in [0.05, 0.1) is 28.4 Å². The molecule has 0 amide bonds. The number of methoxy groups -OCH3 is 4. The van der Waals surface area contributed by atoms with E-state index in [2.05, 4.69) is 6.92 Å². The van der Waals surface area contributed by atoms with E-state index in [1.165, 1.54) is 0 Å². The van der Waals surface area contributed by atoms with Gasteiger partial charge in [-0.3, -0.25) is 0 Å². The summed E-state index contributed by atoms with van der Waals surface area (Å²) in [5.74, 6) is 2.60. The molecule has 0 unspecified atom stereocenters. The quantitative estimate of drug-likeness (QED) is 0.782. The molecule has 0 aliphatic carbocycles. The molecule has 0 heterocycles. The van der Waals surface area contributed by atoms with E-state index in [0.717, 1.165) is 29.7 Å². The molecule has 0 N–H and O–H groups in total. The molecule has 0 saturated heterocycles. The Morgan fingerprint density at radius 1 is 0.722 bits per heavy atom. The third-order valence-electron chi connectivity index (χ3n) is 3.00. The molecular weight excluding hydrogens is 232 g/mol. The molecule has 0 spiro atoms. The van der Waals surface area contributed by atoms with Gasteiger partial charge in [0.15, 0.2) is 11.5 Å². The van der Waals surface area contributed by atoms with Gasteiger partial charge < -0.3 is 18.9 Å². The van der Waals surface area contributed by atoms with Crippen LogP contribution >= 0.6 is 0 Å². The maximum absolute atomic E-state index is 5.48. The minimum atomic E-state index is 0.578. The highest BCUT2D eigenvalue weighted by atomic mass is 16.5. The number of rotatable bonds is 6. The van der Waals surface area contributed by atoms with Crippen LogP contribution in [-0.4, -0.2) is 28.4 Å². The van der Waals surface area contributed by atoms with Crippen molar-refractivity contribution >= 4 is 0 Å². The van der Waals surface area contributed by atoms with Gasteiger partial charge in [-0.15, -0.1) is 0 Å². The average molecular weight is 254 g/mol. The largest absolute Gasteiger partial charge is 0.492 e. The molecule has 4 nitrogen and oxygen atoms in total. The number of ether oxygens (including phenoxy) is 4. The molecule has 0 aliphatic rings. The van der Waals surface area contributed by atoms with Crippen LogP contribution in [0.1, 0.15) is 24.5 Å². The van der Waals surface area contributed by atoms with Gasteiger partial charge in [0, 0.05) is 11.1 Å². The summed E-state index contributed by atoms with van der Waals surface area (Å²) in [7, 11) is 6.47. The highest BCUT2D eigenvalue weighted by Crippen LogP contribution is 2.49. The number of hydrogen-bond donors (Lipinski definition) is 0. The summed E-state index contributed by atoms with van der Waals surface area (Å²) in [6, 6.07) is 0. The van der Waals surface area contributed by atoms with Gasteiger partial charge in [-0.05, 0) is 13.3 Å². The van der Waals surface area contributed by atoms with E-state index in [-0.39, 0.29) is 0 Å². The summed E-state index contributed by atoms with van der Waals surface area (Å²) < 4.78 is 21.7. The Balaban J connectivity index is 3.61. The van der Waals surface area contributed by atoms with E-state index in [4.69, 9.17) is 18.9 Å². The van der Waals surface area contributed by atoms with E-state index < -0.39 is 0 Å². The summed E-state index contributed by atoms with van der Waals surface area (Å²) in [5, 5.41) is 0. The van der Waals surface area contributed by atoms with E-state index in [0.29, 0.717) is 17.2 Å². The first-order chi connectivity index (χ1) is 8.65. The lowest BCUT2D eigenvalue weighted by molar-refractivity contribution is 0.302. The van der Waals surface area contributed by atoms with Crippen LogP contribution in [0.15, 0.2) is 0 Å². The SMILES string of the molecule is CCCc1c(C)c(OC)c(OC)c(OC)c1OC. The molecule has 0 aliphatic heterocycles. The third-order valence-corrected chi connectivity index (χ3v) is 3.00. The van der Waals surface area contributed by atoms with Crippen molar-refractivity contribution in [3.63, 3.8) is 0 Å². The molecule has 0 bridgehead atoms. The van der Waals surface area contributed by atoms with Crippen molar-refractivity contribution in [3.05, 3.63) is 11.1 Å². The van der Waals surface area contributed by atoms with Crippen LogP contribution in [0.25, 0.3) is 0 Å². The molecule has 1 aromatic carbocycles. The highest BCUT2D eigenvalue weighted by molar-refractivity contribution is 5.66. The smallest absolute Gasteiger partial charge is 0.207 e. The van der Waals surface area contributed by atoms with E-state index in [1.807, 2.05) is 6.92 Å². The minimum Gasteiger partial charge on any atom is -0.492 e.